The number of amides is 1. The molecule has 0 bridgehead atoms. The average molecular weight is 570 g/mol. The van der Waals surface area contributed by atoms with Gasteiger partial charge in [0, 0.05) is 29.6 Å². The topological polar surface area (TPSA) is 56.8 Å². The Morgan fingerprint density at radius 1 is 1.03 bits per heavy atom. The molecule has 1 N–H and O–H groups in total. The van der Waals surface area contributed by atoms with Crippen LogP contribution in [0.3, 0.4) is 0 Å². The summed E-state index contributed by atoms with van der Waals surface area (Å²) in [6.07, 6.45) is 4.50. The van der Waals surface area contributed by atoms with E-state index in [0.717, 1.165) is 52.4 Å². The molecule has 1 aliphatic carbocycles. The van der Waals surface area contributed by atoms with Crippen molar-refractivity contribution in [3.8, 4) is 22.6 Å². The van der Waals surface area contributed by atoms with Crippen LogP contribution in [-0.4, -0.2) is 31.8 Å². The zero-order chi connectivity index (χ0) is 26.2. The van der Waals surface area contributed by atoms with Crippen molar-refractivity contribution in [3.05, 3.63) is 82.1 Å². The van der Waals surface area contributed by atoms with Crippen molar-refractivity contribution >= 4 is 21.8 Å². The Labute approximate surface area is 226 Å². The Morgan fingerprint density at radius 2 is 1.76 bits per heavy atom. The molecule has 196 valence electrons. The summed E-state index contributed by atoms with van der Waals surface area (Å²) in [5, 5.41) is 2.83. The van der Waals surface area contributed by atoms with E-state index in [1.807, 2.05) is 30.3 Å². The number of halogens is 2. The fraction of sp³-hybridized carbons (Fsp3) is 0.367. The summed E-state index contributed by atoms with van der Waals surface area (Å²) in [5.74, 6) is 0.951. The largest absolute Gasteiger partial charge is 0.496 e. The van der Waals surface area contributed by atoms with Gasteiger partial charge in [0.2, 0.25) is 5.91 Å². The number of nitrogens with one attached hydrogen (secondary N) is 1. The van der Waals surface area contributed by atoms with Gasteiger partial charge in [-0.1, -0.05) is 40.2 Å². The first kappa shape index (κ1) is 27.1. The lowest BCUT2D eigenvalue weighted by Crippen LogP contribution is -2.28. The van der Waals surface area contributed by atoms with E-state index in [9.17, 15) is 9.18 Å². The molecule has 1 aliphatic rings. The van der Waals surface area contributed by atoms with Crippen LogP contribution >= 0.6 is 15.9 Å². The molecule has 0 aromatic heterocycles. The van der Waals surface area contributed by atoms with Gasteiger partial charge in [-0.2, -0.15) is 0 Å². The van der Waals surface area contributed by atoms with E-state index in [-0.39, 0.29) is 23.9 Å². The summed E-state index contributed by atoms with van der Waals surface area (Å²) in [6, 6.07) is 18.5. The Morgan fingerprint density at radius 3 is 2.43 bits per heavy atom. The second-order valence-electron chi connectivity index (χ2n) is 9.35. The first-order chi connectivity index (χ1) is 17.9. The first-order valence-electron chi connectivity index (χ1n) is 12.6. The van der Waals surface area contributed by atoms with Gasteiger partial charge in [-0.15, -0.1) is 0 Å². The summed E-state index contributed by atoms with van der Waals surface area (Å²) in [7, 11) is 1.62. The minimum absolute atomic E-state index is 0.0721. The van der Waals surface area contributed by atoms with Crippen LogP contribution in [0.1, 0.15) is 43.7 Å². The van der Waals surface area contributed by atoms with Gasteiger partial charge in [0.15, 0.2) is 0 Å². The zero-order valence-electron chi connectivity index (χ0n) is 21.3. The molecule has 0 saturated heterocycles. The fourth-order valence-electron chi connectivity index (χ4n) is 4.71. The monoisotopic (exact) mass is 569 g/mol. The van der Waals surface area contributed by atoms with Crippen LogP contribution in [0.25, 0.3) is 11.1 Å². The lowest BCUT2D eigenvalue weighted by atomic mass is 9.94. The van der Waals surface area contributed by atoms with E-state index < -0.39 is 0 Å². The SMILES string of the molecule is COc1cc(OC2CCC(OCc3ccc(Br)cc3)CC2)cc(-c2cccc(F)c2)c1CCNC(C)=O. The number of hydrogen-bond acceptors (Lipinski definition) is 4. The summed E-state index contributed by atoms with van der Waals surface area (Å²) in [6.45, 7) is 2.55. The predicted octanol–water partition coefficient (Wildman–Crippen LogP) is 6.85. The zero-order valence-corrected chi connectivity index (χ0v) is 22.9. The van der Waals surface area contributed by atoms with E-state index in [1.165, 1.54) is 19.1 Å². The molecule has 0 heterocycles. The van der Waals surface area contributed by atoms with Crippen LogP contribution < -0.4 is 14.8 Å². The highest BCUT2D eigenvalue weighted by Crippen LogP contribution is 2.37. The highest BCUT2D eigenvalue weighted by molar-refractivity contribution is 9.10. The van der Waals surface area contributed by atoms with Gasteiger partial charge in [-0.05, 0) is 79.1 Å². The van der Waals surface area contributed by atoms with Crippen molar-refractivity contribution in [2.24, 2.45) is 0 Å². The van der Waals surface area contributed by atoms with E-state index in [2.05, 4.69) is 33.4 Å². The number of benzene rings is 3. The van der Waals surface area contributed by atoms with Crippen molar-refractivity contribution in [2.45, 2.75) is 57.8 Å². The van der Waals surface area contributed by atoms with Gasteiger partial charge in [-0.3, -0.25) is 4.79 Å². The molecule has 1 fully saturated rings. The molecular formula is C30H33BrFNO4. The van der Waals surface area contributed by atoms with Crippen LogP contribution in [0.4, 0.5) is 4.39 Å². The number of ether oxygens (including phenoxy) is 3. The molecule has 0 unspecified atom stereocenters. The van der Waals surface area contributed by atoms with Crippen LogP contribution in [0.15, 0.2) is 65.1 Å². The highest BCUT2D eigenvalue weighted by Gasteiger charge is 2.24. The molecule has 4 rings (SSSR count). The highest BCUT2D eigenvalue weighted by atomic mass is 79.9. The Kier molecular flexibility index (Phi) is 9.58. The molecule has 0 aliphatic heterocycles. The van der Waals surface area contributed by atoms with E-state index in [4.69, 9.17) is 14.2 Å². The second kappa shape index (κ2) is 13.1. The van der Waals surface area contributed by atoms with Crippen molar-refractivity contribution in [2.75, 3.05) is 13.7 Å². The third-order valence-electron chi connectivity index (χ3n) is 6.61. The molecule has 5 nitrogen and oxygen atoms in total. The Balaban J connectivity index is 1.44. The van der Waals surface area contributed by atoms with E-state index in [0.29, 0.717) is 31.1 Å². The lowest BCUT2D eigenvalue weighted by Gasteiger charge is -2.29. The number of carbonyl (C=O) groups excluding carboxylic acids is 1. The summed E-state index contributed by atoms with van der Waals surface area (Å²) >= 11 is 3.46. The first-order valence-corrected chi connectivity index (χ1v) is 13.4. The van der Waals surface area contributed by atoms with Crippen molar-refractivity contribution in [1.82, 2.24) is 5.32 Å². The normalized spacial score (nSPS) is 17.3. The summed E-state index contributed by atoms with van der Waals surface area (Å²) in [4.78, 5) is 11.4. The average Bonchev–Trinajstić information content (AvgIpc) is 2.89. The van der Waals surface area contributed by atoms with E-state index in [1.54, 1.807) is 13.2 Å². The quantitative estimate of drug-likeness (QED) is 0.290. The molecule has 0 atom stereocenters. The number of rotatable bonds is 10. The van der Waals surface area contributed by atoms with Crippen LogP contribution in [0.2, 0.25) is 0 Å². The van der Waals surface area contributed by atoms with Crippen LogP contribution in [-0.2, 0) is 22.6 Å². The van der Waals surface area contributed by atoms with Gasteiger partial charge in [-0.25, -0.2) is 4.39 Å². The minimum Gasteiger partial charge on any atom is -0.496 e. The van der Waals surface area contributed by atoms with Gasteiger partial charge in [0.25, 0.3) is 0 Å². The number of hydrogen-bond donors (Lipinski definition) is 1. The maximum Gasteiger partial charge on any atom is 0.216 e. The summed E-state index contributed by atoms with van der Waals surface area (Å²) < 4.78 is 33.4. The molecule has 1 amide bonds. The number of methoxy groups -OCH3 is 1. The predicted molar refractivity (Wildman–Crippen MR) is 146 cm³/mol. The standard InChI is InChI=1S/C30H33BrFNO4/c1-20(34)33-15-14-28-29(22-4-3-5-24(32)16-22)17-27(18-30(28)35-2)37-26-12-10-25(11-13-26)36-19-21-6-8-23(31)9-7-21/h3-9,16-18,25-26H,10-15,19H2,1-2H3,(H,33,34). The molecule has 3 aromatic carbocycles. The molecule has 0 spiro atoms. The van der Waals surface area contributed by atoms with Crippen LogP contribution in [0.5, 0.6) is 11.5 Å². The molecule has 7 heteroatoms. The van der Waals surface area contributed by atoms with Crippen molar-refractivity contribution in [3.63, 3.8) is 0 Å². The Bertz CT molecular complexity index is 1190. The smallest absolute Gasteiger partial charge is 0.216 e. The van der Waals surface area contributed by atoms with Gasteiger partial charge < -0.3 is 19.5 Å². The molecule has 37 heavy (non-hydrogen) atoms. The van der Waals surface area contributed by atoms with Gasteiger partial charge in [0.05, 0.1) is 25.9 Å². The molecule has 3 aromatic rings. The molecular weight excluding hydrogens is 537 g/mol. The lowest BCUT2D eigenvalue weighted by molar-refractivity contribution is -0.118. The summed E-state index contributed by atoms with van der Waals surface area (Å²) in [5.41, 5.74) is 3.65. The third-order valence-corrected chi connectivity index (χ3v) is 7.14. The van der Waals surface area contributed by atoms with Gasteiger partial charge in [0.1, 0.15) is 17.3 Å². The fourth-order valence-corrected chi connectivity index (χ4v) is 4.97. The maximum atomic E-state index is 14.1. The molecule has 0 radical (unpaired) electrons. The van der Waals surface area contributed by atoms with Crippen molar-refractivity contribution < 1.29 is 23.4 Å². The maximum absolute atomic E-state index is 14.1. The van der Waals surface area contributed by atoms with Crippen molar-refractivity contribution in [1.29, 1.82) is 0 Å². The van der Waals surface area contributed by atoms with Gasteiger partial charge >= 0.3 is 0 Å². The van der Waals surface area contributed by atoms with E-state index >= 15 is 0 Å². The third kappa shape index (κ3) is 7.79. The second-order valence-corrected chi connectivity index (χ2v) is 10.3. The number of carbonyl (C=O) groups is 1. The molecule has 1 saturated carbocycles. The minimum atomic E-state index is -0.308. The Hall–Kier alpha value is -2.90. The van der Waals surface area contributed by atoms with Crippen LogP contribution in [0, 0.1) is 5.82 Å².